The molecule has 0 atom stereocenters. The number of hydrogen-bond donors (Lipinski definition) is 2. The molecule has 0 saturated carbocycles. The average molecular weight is 218 g/mol. The van der Waals surface area contributed by atoms with Gasteiger partial charge in [-0.1, -0.05) is 0 Å². The van der Waals surface area contributed by atoms with E-state index in [1.165, 1.54) is 14.1 Å². The molecule has 1 aromatic rings. The SMILES string of the molecule is Cc1[nH]nc(S(=O)(=O)N(C)C)c1CN. The van der Waals surface area contributed by atoms with E-state index >= 15 is 0 Å². The van der Waals surface area contributed by atoms with Gasteiger partial charge in [0.25, 0.3) is 10.0 Å². The Kier molecular flexibility index (Phi) is 2.93. The summed E-state index contributed by atoms with van der Waals surface area (Å²) >= 11 is 0. The Hall–Kier alpha value is -0.920. The zero-order chi connectivity index (χ0) is 10.9. The first kappa shape index (κ1) is 11.2. The van der Waals surface area contributed by atoms with Crippen molar-refractivity contribution >= 4 is 10.0 Å². The molecule has 0 aliphatic carbocycles. The van der Waals surface area contributed by atoms with E-state index in [9.17, 15) is 8.42 Å². The number of aromatic amines is 1. The van der Waals surface area contributed by atoms with Crippen LogP contribution in [0.4, 0.5) is 0 Å². The van der Waals surface area contributed by atoms with Gasteiger partial charge in [0.1, 0.15) is 0 Å². The third-order valence-electron chi connectivity index (χ3n) is 1.97. The molecule has 0 aliphatic heterocycles. The molecule has 0 fully saturated rings. The van der Waals surface area contributed by atoms with Crippen LogP contribution in [0, 0.1) is 6.92 Å². The van der Waals surface area contributed by atoms with Crippen molar-refractivity contribution < 1.29 is 8.42 Å². The van der Waals surface area contributed by atoms with E-state index in [-0.39, 0.29) is 11.6 Å². The molecule has 14 heavy (non-hydrogen) atoms. The number of nitrogens with two attached hydrogens (primary N) is 1. The molecule has 7 heteroatoms. The Morgan fingerprint density at radius 3 is 2.50 bits per heavy atom. The molecule has 6 nitrogen and oxygen atoms in total. The fourth-order valence-electron chi connectivity index (χ4n) is 1.06. The smallest absolute Gasteiger partial charge is 0.262 e. The second kappa shape index (κ2) is 3.68. The second-order valence-electron chi connectivity index (χ2n) is 3.12. The van der Waals surface area contributed by atoms with Crippen molar-refractivity contribution in [3.05, 3.63) is 11.3 Å². The normalized spacial score (nSPS) is 12.4. The Labute approximate surface area is 83.1 Å². The van der Waals surface area contributed by atoms with Gasteiger partial charge in [-0.25, -0.2) is 12.7 Å². The monoisotopic (exact) mass is 218 g/mol. The molecule has 80 valence electrons. The Balaban J connectivity index is 3.33. The highest BCUT2D eigenvalue weighted by molar-refractivity contribution is 7.89. The molecule has 3 N–H and O–H groups in total. The first-order valence-corrected chi connectivity index (χ1v) is 5.51. The highest BCUT2D eigenvalue weighted by Gasteiger charge is 2.24. The minimum Gasteiger partial charge on any atom is -0.326 e. The quantitative estimate of drug-likeness (QED) is 0.710. The van der Waals surface area contributed by atoms with Crippen molar-refractivity contribution in [2.75, 3.05) is 14.1 Å². The van der Waals surface area contributed by atoms with E-state index in [0.717, 1.165) is 4.31 Å². The summed E-state index contributed by atoms with van der Waals surface area (Å²) in [5, 5.41) is 6.37. The molecule has 0 radical (unpaired) electrons. The predicted octanol–water partition coefficient (Wildman–Crippen LogP) is -0.573. The van der Waals surface area contributed by atoms with Crippen LogP contribution >= 0.6 is 0 Å². The third-order valence-corrected chi connectivity index (χ3v) is 3.75. The fourth-order valence-corrected chi connectivity index (χ4v) is 2.11. The molecule has 0 amide bonds. The first-order valence-electron chi connectivity index (χ1n) is 4.07. The summed E-state index contributed by atoms with van der Waals surface area (Å²) < 4.78 is 24.5. The lowest BCUT2D eigenvalue weighted by Gasteiger charge is -2.09. The maximum Gasteiger partial charge on any atom is 0.262 e. The summed E-state index contributed by atoms with van der Waals surface area (Å²) in [4.78, 5) is 0. The van der Waals surface area contributed by atoms with Crippen molar-refractivity contribution in [2.24, 2.45) is 5.73 Å². The number of aromatic nitrogens is 2. The van der Waals surface area contributed by atoms with Gasteiger partial charge in [-0.15, -0.1) is 0 Å². The summed E-state index contributed by atoms with van der Waals surface area (Å²) in [6, 6.07) is 0. The van der Waals surface area contributed by atoms with E-state index in [4.69, 9.17) is 5.73 Å². The molecule has 0 unspecified atom stereocenters. The molecular formula is C7H14N4O2S. The van der Waals surface area contributed by atoms with Crippen molar-refractivity contribution in [1.29, 1.82) is 0 Å². The van der Waals surface area contributed by atoms with Gasteiger partial charge in [0.2, 0.25) is 0 Å². The number of nitrogens with zero attached hydrogens (tertiary/aromatic N) is 2. The van der Waals surface area contributed by atoms with Crippen molar-refractivity contribution in [2.45, 2.75) is 18.5 Å². The first-order chi connectivity index (χ1) is 6.41. The second-order valence-corrected chi connectivity index (χ2v) is 5.19. The number of hydrogen-bond acceptors (Lipinski definition) is 4. The van der Waals surface area contributed by atoms with Gasteiger partial charge in [-0.3, -0.25) is 5.10 Å². The minimum atomic E-state index is -3.49. The molecule has 1 aromatic heterocycles. The number of nitrogens with one attached hydrogen (secondary N) is 1. The summed E-state index contributed by atoms with van der Waals surface area (Å²) in [5.41, 5.74) is 6.68. The lowest BCUT2D eigenvalue weighted by molar-refractivity contribution is 0.515. The van der Waals surface area contributed by atoms with Crippen LogP contribution < -0.4 is 5.73 Å². The van der Waals surface area contributed by atoms with Crippen LogP contribution in [-0.4, -0.2) is 37.0 Å². The van der Waals surface area contributed by atoms with Crippen LogP contribution in [0.2, 0.25) is 0 Å². The molecule has 0 saturated heterocycles. The fraction of sp³-hybridized carbons (Fsp3) is 0.571. The molecule has 0 bridgehead atoms. The van der Waals surface area contributed by atoms with Gasteiger partial charge in [0.15, 0.2) is 5.03 Å². The number of aryl methyl sites for hydroxylation is 1. The lowest BCUT2D eigenvalue weighted by atomic mass is 10.3. The van der Waals surface area contributed by atoms with Crippen LogP contribution in [0.15, 0.2) is 5.03 Å². The van der Waals surface area contributed by atoms with Gasteiger partial charge in [-0.05, 0) is 6.92 Å². The molecule has 0 aliphatic rings. The molecule has 1 heterocycles. The largest absolute Gasteiger partial charge is 0.326 e. The Morgan fingerprint density at radius 2 is 2.07 bits per heavy atom. The maximum absolute atomic E-state index is 11.7. The maximum atomic E-state index is 11.7. The summed E-state index contributed by atoms with van der Waals surface area (Å²) in [6.45, 7) is 1.90. The van der Waals surface area contributed by atoms with Crippen LogP contribution in [-0.2, 0) is 16.6 Å². The van der Waals surface area contributed by atoms with Crippen LogP contribution in [0.25, 0.3) is 0 Å². The highest BCUT2D eigenvalue weighted by atomic mass is 32.2. The minimum absolute atomic E-state index is 0.0162. The summed E-state index contributed by atoms with van der Waals surface area (Å²) in [6.07, 6.45) is 0. The van der Waals surface area contributed by atoms with Gasteiger partial charge < -0.3 is 5.73 Å². The highest BCUT2D eigenvalue weighted by Crippen LogP contribution is 2.17. The van der Waals surface area contributed by atoms with Gasteiger partial charge in [0.05, 0.1) is 0 Å². The van der Waals surface area contributed by atoms with Crippen molar-refractivity contribution in [3.8, 4) is 0 Å². The van der Waals surface area contributed by atoms with Crippen LogP contribution in [0.1, 0.15) is 11.3 Å². The van der Waals surface area contributed by atoms with Crippen LogP contribution in [0.3, 0.4) is 0 Å². The summed E-state index contributed by atoms with van der Waals surface area (Å²) in [7, 11) is -0.572. The van der Waals surface area contributed by atoms with E-state index in [1.807, 2.05) is 0 Å². The topological polar surface area (TPSA) is 92.1 Å². The average Bonchev–Trinajstić information content (AvgIpc) is 2.46. The standard InChI is InChI=1S/C7H14N4O2S/c1-5-6(4-8)7(10-9-5)14(12,13)11(2)3/h4,8H2,1-3H3,(H,9,10). The molecular weight excluding hydrogens is 204 g/mol. The number of H-pyrrole nitrogens is 1. The van der Waals surface area contributed by atoms with E-state index in [2.05, 4.69) is 10.2 Å². The summed E-state index contributed by atoms with van der Waals surface area (Å²) in [5.74, 6) is 0. The predicted molar refractivity (Wildman–Crippen MR) is 52.1 cm³/mol. The zero-order valence-electron chi connectivity index (χ0n) is 8.40. The molecule has 1 rings (SSSR count). The van der Waals surface area contributed by atoms with E-state index in [0.29, 0.717) is 11.3 Å². The van der Waals surface area contributed by atoms with Crippen molar-refractivity contribution in [1.82, 2.24) is 14.5 Å². The lowest BCUT2D eigenvalue weighted by Crippen LogP contribution is -2.24. The zero-order valence-corrected chi connectivity index (χ0v) is 9.22. The number of rotatable bonds is 3. The van der Waals surface area contributed by atoms with Gasteiger partial charge >= 0.3 is 0 Å². The van der Waals surface area contributed by atoms with Crippen molar-refractivity contribution in [3.63, 3.8) is 0 Å². The van der Waals surface area contributed by atoms with Crippen LogP contribution in [0.5, 0.6) is 0 Å². The number of sulfonamides is 1. The Bertz CT molecular complexity index is 421. The van der Waals surface area contributed by atoms with Gasteiger partial charge in [-0.2, -0.15) is 5.10 Å². The van der Waals surface area contributed by atoms with E-state index < -0.39 is 10.0 Å². The Morgan fingerprint density at radius 1 is 1.50 bits per heavy atom. The third kappa shape index (κ3) is 1.66. The van der Waals surface area contributed by atoms with E-state index in [1.54, 1.807) is 6.92 Å². The van der Waals surface area contributed by atoms with Gasteiger partial charge in [0, 0.05) is 31.9 Å². The molecule has 0 spiro atoms. The molecule has 0 aromatic carbocycles.